The zero-order valence-electron chi connectivity index (χ0n) is 37.5. The molecule has 4 fully saturated rings. The van der Waals surface area contributed by atoms with Gasteiger partial charge in [0, 0.05) is 27.1 Å². The van der Waals surface area contributed by atoms with Crippen molar-refractivity contribution in [2.45, 2.75) is 43.9 Å². The highest BCUT2D eigenvalue weighted by molar-refractivity contribution is 6.19. The molecule has 9 aromatic carbocycles. The molecule has 4 saturated carbocycles. The first-order chi connectivity index (χ1) is 33.6. The summed E-state index contributed by atoms with van der Waals surface area (Å²) < 4.78 is 13.6. The predicted molar refractivity (Wildman–Crippen MR) is 276 cm³/mol. The van der Waals surface area contributed by atoms with Crippen LogP contribution in [0.15, 0.2) is 191 Å². The fourth-order valence-corrected chi connectivity index (χ4v) is 13.3. The van der Waals surface area contributed by atoms with Crippen LogP contribution in [0, 0.1) is 17.8 Å². The largest absolute Gasteiger partial charge is 0.455 e. The predicted octanol–water partition coefficient (Wildman–Crippen LogP) is 16.8. The number of fused-ring (bicyclic) bond motifs is 8. The van der Waals surface area contributed by atoms with Crippen LogP contribution in [-0.2, 0) is 5.41 Å². The summed E-state index contributed by atoms with van der Waals surface area (Å²) >= 11 is 0. The zero-order valence-corrected chi connectivity index (χ0v) is 37.5. The van der Waals surface area contributed by atoms with Gasteiger partial charge in [-0.2, -0.15) is 0 Å². The zero-order chi connectivity index (χ0) is 44.5. The second-order valence-corrected chi connectivity index (χ2v) is 20.2. The van der Waals surface area contributed by atoms with Gasteiger partial charge in [0.15, 0.2) is 17.5 Å². The minimum atomic E-state index is 0.338. The summed E-state index contributed by atoms with van der Waals surface area (Å²) in [4.78, 5) is 16.4. The number of benzene rings is 9. The Morgan fingerprint density at radius 1 is 0.368 bits per heavy atom. The van der Waals surface area contributed by atoms with Gasteiger partial charge >= 0.3 is 0 Å². The van der Waals surface area contributed by atoms with Crippen LogP contribution in [0.3, 0.4) is 0 Å². The Morgan fingerprint density at radius 2 is 0.941 bits per heavy atom. The first-order valence-corrected chi connectivity index (χ1v) is 24.3. The molecule has 0 aliphatic heterocycles. The molecule has 0 spiro atoms. The molecule has 3 aromatic heterocycles. The molecule has 12 aromatic rings. The fourth-order valence-electron chi connectivity index (χ4n) is 13.3. The third kappa shape index (κ3) is 5.97. The molecule has 0 atom stereocenters. The SMILES string of the molecule is c1ccc(-c2cc(-c3ccc(C45CC6CC(CC(C6)C4)C5)cc3)cc(-c3nc(-c4cccc5c4oc4ccccc45)nc(-c4c5ccccc5cc5c4oc4cc6ccccc6cc45)n3)c2)cc1. The summed E-state index contributed by atoms with van der Waals surface area (Å²) in [5.74, 6) is 4.34. The smallest absolute Gasteiger partial charge is 0.168 e. The molecule has 16 rings (SSSR count). The second-order valence-electron chi connectivity index (χ2n) is 20.2. The number of para-hydroxylation sites is 2. The van der Waals surface area contributed by atoms with Gasteiger partial charge in [-0.15, -0.1) is 0 Å². The molecule has 5 heteroatoms. The van der Waals surface area contributed by atoms with Gasteiger partial charge in [0.2, 0.25) is 0 Å². The van der Waals surface area contributed by atoms with E-state index in [1.165, 1.54) is 49.7 Å². The maximum atomic E-state index is 6.98. The molecule has 3 heterocycles. The Kier molecular flexibility index (Phi) is 8.18. The van der Waals surface area contributed by atoms with Crippen molar-refractivity contribution in [2.24, 2.45) is 17.8 Å². The topological polar surface area (TPSA) is 65.0 Å². The molecule has 0 saturated heterocycles. The van der Waals surface area contributed by atoms with Crippen molar-refractivity contribution < 1.29 is 8.83 Å². The molecular weight excluding hydrogens is 831 g/mol. The number of hydrogen-bond acceptors (Lipinski definition) is 5. The highest BCUT2D eigenvalue weighted by Gasteiger charge is 2.51. The summed E-state index contributed by atoms with van der Waals surface area (Å²) in [6.07, 6.45) is 8.40. The first kappa shape index (κ1) is 38.2. The second kappa shape index (κ2) is 14.6. The molecule has 4 bridgehead atoms. The Bertz CT molecular complexity index is 3980. The van der Waals surface area contributed by atoms with E-state index in [2.05, 4.69) is 170 Å². The summed E-state index contributed by atoms with van der Waals surface area (Å²) in [5.41, 5.74) is 12.1. The fraction of sp³-hybridized carbons (Fsp3) is 0.159. The van der Waals surface area contributed by atoms with Crippen molar-refractivity contribution in [1.82, 2.24) is 15.0 Å². The highest BCUT2D eigenvalue weighted by Crippen LogP contribution is 2.61. The Balaban J connectivity index is 0.969. The highest BCUT2D eigenvalue weighted by atomic mass is 16.3. The first-order valence-electron chi connectivity index (χ1n) is 24.3. The van der Waals surface area contributed by atoms with E-state index in [4.69, 9.17) is 23.8 Å². The summed E-state index contributed by atoms with van der Waals surface area (Å²) in [6.45, 7) is 0. The van der Waals surface area contributed by atoms with Gasteiger partial charge in [0.1, 0.15) is 22.3 Å². The number of rotatable bonds is 6. The monoisotopic (exact) mass is 875 g/mol. The molecule has 0 amide bonds. The van der Waals surface area contributed by atoms with Crippen LogP contribution in [0.5, 0.6) is 0 Å². The van der Waals surface area contributed by atoms with Gasteiger partial charge in [-0.3, -0.25) is 0 Å². The van der Waals surface area contributed by atoms with E-state index >= 15 is 0 Å². The van der Waals surface area contributed by atoms with E-state index < -0.39 is 0 Å². The van der Waals surface area contributed by atoms with Crippen LogP contribution in [0.25, 0.3) is 122 Å². The molecule has 68 heavy (non-hydrogen) atoms. The third-order valence-corrected chi connectivity index (χ3v) is 16.0. The Labute approximate surface area is 393 Å². The van der Waals surface area contributed by atoms with Crippen molar-refractivity contribution in [3.05, 3.63) is 188 Å². The molecule has 4 aliphatic rings. The number of hydrogen-bond donors (Lipinski definition) is 0. The van der Waals surface area contributed by atoms with E-state index in [-0.39, 0.29) is 0 Å². The number of nitrogens with zero attached hydrogens (tertiary/aromatic N) is 3. The van der Waals surface area contributed by atoms with Crippen LogP contribution in [0.1, 0.15) is 44.1 Å². The molecular formula is C63H45N3O2. The van der Waals surface area contributed by atoms with E-state index in [9.17, 15) is 0 Å². The van der Waals surface area contributed by atoms with Crippen molar-refractivity contribution >= 4 is 65.4 Å². The molecule has 0 radical (unpaired) electrons. The van der Waals surface area contributed by atoms with E-state index in [1.54, 1.807) is 0 Å². The maximum absolute atomic E-state index is 6.98. The van der Waals surface area contributed by atoms with Gasteiger partial charge < -0.3 is 8.83 Å². The quantitative estimate of drug-likeness (QED) is 0.166. The Morgan fingerprint density at radius 3 is 1.71 bits per heavy atom. The van der Waals surface area contributed by atoms with Crippen LogP contribution in [-0.4, -0.2) is 15.0 Å². The lowest BCUT2D eigenvalue weighted by Crippen LogP contribution is -2.48. The normalized spacial score (nSPS) is 19.9. The van der Waals surface area contributed by atoms with Gasteiger partial charge in [-0.05, 0) is 160 Å². The lowest BCUT2D eigenvalue weighted by atomic mass is 9.48. The van der Waals surface area contributed by atoms with Gasteiger partial charge in [-0.1, -0.05) is 133 Å². The third-order valence-electron chi connectivity index (χ3n) is 16.0. The standard InChI is InChI=1S/C63H45N3O2/c1-2-11-40(12-3-1)45-28-46(41-21-23-48(24-22-41)63-34-37-25-38(35-63)27-39(26-37)36-63)30-47(29-45)60-64-61(52-19-10-18-51-50-17-8-9-20-55(50)67-58(51)52)66-62(65-60)57-49-16-7-6-15-44(49)32-54-53-31-42-13-4-5-14-43(42)33-56(53)68-59(54)57/h1-24,28-33,37-39H,25-27,34-36H2. The lowest BCUT2D eigenvalue weighted by molar-refractivity contribution is -0.00518. The average molecular weight is 876 g/mol. The lowest BCUT2D eigenvalue weighted by Gasteiger charge is -2.57. The summed E-state index contributed by atoms with van der Waals surface area (Å²) in [7, 11) is 0. The molecule has 0 unspecified atom stereocenters. The van der Waals surface area contributed by atoms with E-state index in [0.29, 0.717) is 22.9 Å². The molecule has 5 nitrogen and oxygen atoms in total. The van der Waals surface area contributed by atoms with Crippen molar-refractivity contribution in [3.8, 4) is 56.4 Å². The van der Waals surface area contributed by atoms with Crippen molar-refractivity contribution in [1.29, 1.82) is 0 Å². The molecule has 324 valence electrons. The molecule has 4 aliphatic carbocycles. The van der Waals surface area contributed by atoms with Crippen LogP contribution >= 0.6 is 0 Å². The van der Waals surface area contributed by atoms with Gasteiger partial charge in [0.25, 0.3) is 0 Å². The van der Waals surface area contributed by atoms with Crippen LogP contribution in [0.2, 0.25) is 0 Å². The minimum Gasteiger partial charge on any atom is -0.455 e. The van der Waals surface area contributed by atoms with Crippen LogP contribution < -0.4 is 0 Å². The van der Waals surface area contributed by atoms with Gasteiger partial charge in [-0.25, -0.2) is 15.0 Å². The minimum absolute atomic E-state index is 0.338. The maximum Gasteiger partial charge on any atom is 0.168 e. The van der Waals surface area contributed by atoms with Crippen LogP contribution in [0.4, 0.5) is 0 Å². The van der Waals surface area contributed by atoms with Crippen molar-refractivity contribution in [2.75, 3.05) is 0 Å². The number of aromatic nitrogens is 3. The Hall–Kier alpha value is -7.89. The average Bonchev–Trinajstić information content (AvgIpc) is 3.94. The van der Waals surface area contributed by atoms with Gasteiger partial charge in [0.05, 0.1) is 11.1 Å². The van der Waals surface area contributed by atoms with Crippen molar-refractivity contribution in [3.63, 3.8) is 0 Å². The van der Waals surface area contributed by atoms with E-state index in [1.807, 2.05) is 12.1 Å². The summed E-state index contributed by atoms with van der Waals surface area (Å²) in [5, 5.41) is 8.53. The van der Waals surface area contributed by atoms with E-state index in [0.717, 1.165) is 117 Å². The number of furan rings is 2. The molecule has 0 N–H and O–H groups in total. The summed E-state index contributed by atoms with van der Waals surface area (Å²) in [6, 6.07) is 65.2.